The van der Waals surface area contributed by atoms with Crippen molar-refractivity contribution >= 4 is 17.6 Å². The molecule has 0 unspecified atom stereocenters. The van der Waals surface area contributed by atoms with E-state index in [1.54, 1.807) is 0 Å². The molecule has 20 heavy (non-hydrogen) atoms. The third-order valence-electron chi connectivity index (χ3n) is 3.09. The van der Waals surface area contributed by atoms with Crippen LogP contribution in [0.4, 0.5) is 0 Å². The summed E-state index contributed by atoms with van der Waals surface area (Å²) in [5, 5.41) is 0. The molecule has 0 aliphatic carbocycles. The Bertz CT molecular complexity index is 622. The summed E-state index contributed by atoms with van der Waals surface area (Å²) >= 11 is 0. The smallest absolute Gasteiger partial charge is 0.301 e. The number of benzene rings is 1. The number of ketones is 1. The minimum atomic E-state index is -0.909. The lowest BCUT2D eigenvalue weighted by molar-refractivity contribution is -0.123. The number of hydrogen-bond donors (Lipinski definition) is 0. The van der Waals surface area contributed by atoms with E-state index in [0.717, 1.165) is 4.90 Å². The van der Waals surface area contributed by atoms with E-state index >= 15 is 0 Å². The Balaban J connectivity index is 2.85. The lowest BCUT2D eigenvalue weighted by Crippen LogP contribution is -2.43. The molecule has 1 heterocycles. The number of imide groups is 1. The molecule has 1 aliphatic rings. The van der Waals surface area contributed by atoms with E-state index in [1.807, 2.05) is 0 Å². The first kappa shape index (κ1) is 13.9. The first-order valence-corrected chi connectivity index (χ1v) is 5.67. The van der Waals surface area contributed by atoms with Crippen LogP contribution in [0, 0.1) is 0 Å². The van der Waals surface area contributed by atoms with Gasteiger partial charge in [-0.2, -0.15) is 0 Å². The zero-order valence-corrected chi connectivity index (χ0v) is 11.5. The van der Waals surface area contributed by atoms with Crippen molar-refractivity contribution in [3.8, 4) is 17.2 Å². The highest BCUT2D eigenvalue weighted by Gasteiger charge is 2.40. The fourth-order valence-corrected chi connectivity index (χ4v) is 2.08. The van der Waals surface area contributed by atoms with Crippen LogP contribution in [0.15, 0.2) is 6.07 Å². The second-order valence-electron chi connectivity index (χ2n) is 4.07. The molecule has 106 valence electrons. The molecular weight excluding hydrogens is 266 g/mol. The fraction of sp³-hybridized carbons (Fsp3) is 0.308. The van der Waals surface area contributed by atoms with E-state index in [1.165, 1.54) is 34.4 Å². The number of carbonyl (C=O) groups excluding carboxylic acids is 3. The largest absolute Gasteiger partial charge is 0.493 e. The van der Waals surface area contributed by atoms with Crippen LogP contribution in [-0.2, 0) is 4.79 Å². The molecule has 1 aromatic rings. The fourth-order valence-electron chi connectivity index (χ4n) is 2.08. The Morgan fingerprint density at radius 2 is 1.50 bits per heavy atom. The van der Waals surface area contributed by atoms with E-state index in [-0.39, 0.29) is 28.4 Å². The first-order chi connectivity index (χ1) is 9.47. The summed E-state index contributed by atoms with van der Waals surface area (Å²) in [6.45, 7) is 0. The molecule has 1 aliphatic heterocycles. The zero-order valence-electron chi connectivity index (χ0n) is 11.5. The average molecular weight is 279 g/mol. The molecule has 0 aromatic heterocycles. The molecule has 0 saturated carbocycles. The van der Waals surface area contributed by atoms with Crippen molar-refractivity contribution in [2.24, 2.45) is 0 Å². The van der Waals surface area contributed by atoms with Gasteiger partial charge in [0.15, 0.2) is 11.5 Å². The predicted molar refractivity (Wildman–Crippen MR) is 67.5 cm³/mol. The second-order valence-corrected chi connectivity index (χ2v) is 4.07. The summed E-state index contributed by atoms with van der Waals surface area (Å²) in [5.41, 5.74) is -0.0511. The Morgan fingerprint density at radius 1 is 0.900 bits per heavy atom. The number of hydrogen-bond acceptors (Lipinski definition) is 6. The molecule has 0 bridgehead atoms. The van der Waals surface area contributed by atoms with Gasteiger partial charge in [-0.3, -0.25) is 19.3 Å². The van der Waals surface area contributed by atoms with Gasteiger partial charge in [-0.25, -0.2) is 0 Å². The van der Waals surface area contributed by atoms with Crippen molar-refractivity contribution in [3.05, 3.63) is 17.2 Å². The quantitative estimate of drug-likeness (QED) is 0.592. The van der Waals surface area contributed by atoms with Gasteiger partial charge in [-0.1, -0.05) is 0 Å². The third-order valence-corrected chi connectivity index (χ3v) is 3.09. The van der Waals surface area contributed by atoms with Crippen LogP contribution < -0.4 is 14.2 Å². The van der Waals surface area contributed by atoms with Gasteiger partial charge in [0.2, 0.25) is 5.75 Å². The van der Waals surface area contributed by atoms with Crippen LogP contribution in [0.5, 0.6) is 17.2 Å². The predicted octanol–water partition coefficient (Wildman–Crippen LogP) is 0.507. The van der Waals surface area contributed by atoms with Gasteiger partial charge >= 0.3 is 5.91 Å². The highest BCUT2D eigenvalue weighted by molar-refractivity contribution is 6.49. The van der Waals surface area contributed by atoms with Crippen LogP contribution in [0.1, 0.15) is 20.7 Å². The maximum atomic E-state index is 12.1. The van der Waals surface area contributed by atoms with Crippen LogP contribution in [0.3, 0.4) is 0 Å². The minimum Gasteiger partial charge on any atom is -0.493 e. The summed E-state index contributed by atoms with van der Waals surface area (Å²) in [6.07, 6.45) is 0. The van der Waals surface area contributed by atoms with Gasteiger partial charge in [-0.05, 0) is 6.07 Å². The van der Waals surface area contributed by atoms with Crippen molar-refractivity contribution in [3.63, 3.8) is 0 Å². The summed E-state index contributed by atoms with van der Waals surface area (Å²) in [7, 11) is 5.33. The Morgan fingerprint density at radius 3 is 2.00 bits per heavy atom. The number of amides is 2. The standard InChI is InChI=1S/C13H13NO6/c1-14-12(16)6-5-7(18-2)10(19-3)11(20-4)8(6)9(15)13(14)17/h5H,1-4H3. The topological polar surface area (TPSA) is 82.1 Å². The lowest BCUT2D eigenvalue weighted by Gasteiger charge is -2.25. The molecule has 0 fully saturated rings. The third kappa shape index (κ3) is 1.70. The molecule has 1 aromatic carbocycles. The molecule has 0 atom stereocenters. The normalized spacial score (nSPS) is 14.2. The monoisotopic (exact) mass is 279 g/mol. The summed E-state index contributed by atoms with van der Waals surface area (Å²) in [6, 6.07) is 1.36. The van der Waals surface area contributed by atoms with Crippen LogP contribution in [0.2, 0.25) is 0 Å². The van der Waals surface area contributed by atoms with Crippen molar-refractivity contribution in [1.82, 2.24) is 4.90 Å². The van der Waals surface area contributed by atoms with E-state index < -0.39 is 17.6 Å². The van der Waals surface area contributed by atoms with E-state index in [2.05, 4.69) is 0 Å². The maximum Gasteiger partial charge on any atom is 0.301 e. The molecule has 0 radical (unpaired) electrons. The summed E-state index contributed by atoms with van der Waals surface area (Å²) in [5.74, 6) is -1.90. The molecule has 0 spiro atoms. The highest BCUT2D eigenvalue weighted by atomic mass is 16.5. The lowest BCUT2D eigenvalue weighted by atomic mass is 9.95. The SMILES string of the molecule is COc1cc2c(c(OC)c1OC)C(=O)C(=O)N(C)C2=O. The number of ether oxygens (including phenoxy) is 3. The number of methoxy groups -OCH3 is 3. The maximum absolute atomic E-state index is 12.1. The highest BCUT2D eigenvalue weighted by Crippen LogP contribution is 2.43. The Labute approximate surface area is 115 Å². The molecule has 0 N–H and O–H groups in total. The molecule has 2 rings (SSSR count). The second kappa shape index (κ2) is 4.84. The van der Waals surface area contributed by atoms with Crippen molar-refractivity contribution in [2.45, 2.75) is 0 Å². The molecular formula is C13H13NO6. The number of likely N-dealkylation sites (N-methyl/N-ethyl adjacent to an activating group) is 1. The van der Waals surface area contributed by atoms with Crippen LogP contribution >= 0.6 is 0 Å². The van der Waals surface area contributed by atoms with Crippen molar-refractivity contribution in [1.29, 1.82) is 0 Å². The van der Waals surface area contributed by atoms with Gasteiger partial charge in [-0.15, -0.1) is 0 Å². The summed E-state index contributed by atoms with van der Waals surface area (Å²) in [4.78, 5) is 36.7. The Hall–Kier alpha value is -2.57. The van der Waals surface area contributed by atoms with Gasteiger partial charge in [0.25, 0.3) is 11.7 Å². The average Bonchev–Trinajstić information content (AvgIpc) is 2.48. The van der Waals surface area contributed by atoms with E-state index in [9.17, 15) is 14.4 Å². The van der Waals surface area contributed by atoms with Gasteiger partial charge < -0.3 is 14.2 Å². The molecule has 0 saturated heterocycles. The molecule has 7 heteroatoms. The number of nitrogens with zero attached hydrogens (tertiary/aromatic N) is 1. The molecule has 7 nitrogen and oxygen atoms in total. The zero-order chi connectivity index (χ0) is 15.0. The van der Waals surface area contributed by atoms with Crippen molar-refractivity contribution in [2.75, 3.05) is 28.4 Å². The van der Waals surface area contributed by atoms with Crippen LogP contribution in [-0.4, -0.2) is 50.9 Å². The van der Waals surface area contributed by atoms with Crippen LogP contribution in [0.25, 0.3) is 0 Å². The minimum absolute atomic E-state index is 0.0154. The molecule has 2 amide bonds. The van der Waals surface area contributed by atoms with Crippen molar-refractivity contribution < 1.29 is 28.6 Å². The number of rotatable bonds is 3. The number of carbonyl (C=O) groups is 3. The van der Waals surface area contributed by atoms with Gasteiger partial charge in [0.1, 0.15) is 0 Å². The summed E-state index contributed by atoms with van der Waals surface area (Å²) < 4.78 is 15.4. The van der Waals surface area contributed by atoms with Gasteiger partial charge in [0, 0.05) is 7.05 Å². The van der Waals surface area contributed by atoms with E-state index in [0.29, 0.717) is 0 Å². The number of Topliss-reactive ketones (excluding diaryl/α,β-unsaturated/α-hetero) is 1. The van der Waals surface area contributed by atoms with Gasteiger partial charge in [0.05, 0.1) is 32.5 Å². The Kier molecular flexibility index (Phi) is 3.35. The first-order valence-electron chi connectivity index (χ1n) is 5.67. The number of fused-ring (bicyclic) bond motifs is 1. The van der Waals surface area contributed by atoms with E-state index in [4.69, 9.17) is 14.2 Å².